The highest BCUT2D eigenvalue weighted by Crippen LogP contribution is 2.41. The van der Waals surface area contributed by atoms with Crippen LogP contribution in [0.15, 0.2) is 30.2 Å². The van der Waals surface area contributed by atoms with Gasteiger partial charge in [0.05, 0.1) is 22.5 Å². The zero-order valence-electron chi connectivity index (χ0n) is 13.4. The summed E-state index contributed by atoms with van der Waals surface area (Å²) in [7, 11) is 1.90. The van der Waals surface area contributed by atoms with Crippen molar-refractivity contribution in [1.82, 2.24) is 19.9 Å². The maximum Gasteiger partial charge on any atom is 0.227 e. The summed E-state index contributed by atoms with van der Waals surface area (Å²) in [6, 6.07) is 3.72. The molecule has 0 fully saturated rings. The van der Waals surface area contributed by atoms with E-state index in [0.29, 0.717) is 11.1 Å². The van der Waals surface area contributed by atoms with Gasteiger partial charge in [-0.05, 0) is 31.5 Å². The standard InChI is InChI=1S/C16H16ClN5OS/c1-9-6-11(7-19-15(9)17)20-16-18-5-4-12(21-16)14-10(2)22(3)13(8-23)24-14/h4-8,13H,1-3H3,(H,18,20,21). The van der Waals surface area contributed by atoms with E-state index >= 15 is 0 Å². The molecule has 0 bridgehead atoms. The second-order valence-corrected chi connectivity index (χ2v) is 6.88. The Hall–Kier alpha value is -2.12. The Labute approximate surface area is 149 Å². The highest BCUT2D eigenvalue weighted by molar-refractivity contribution is 8.09. The minimum absolute atomic E-state index is 0.213. The van der Waals surface area contributed by atoms with E-state index in [9.17, 15) is 4.79 Å². The molecule has 0 saturated carbocycles. The van der Waals surface area contributed by atoms with E-state index in [-0.39, 0.29) is 5.37 Å². The average Bonchev–Trinajstić information content (AvgIpc) is 2.86. The molecule has 6 nitrogen and oxygen atoms in total. The van der Waals surface area contributed by atoms with Crippen LogP contribution in [0.2, 0.25) is 5.15 Å². The maximum atomic E-state index is 11.2. The number of carbonyl (C=O) groups is 1. The lowest BCUT2D eigenvalue weighted by molar-refractivity contribution is -0.109. The van der Waals surface area contributed by atoms with Gasteiger partial charge in [-0.15, -0.1) is 0 Å². The number of pyridine rings is 1. The zero-order chi connectivity index (χ0) is 17.3. The molecule has 24 heavy (non-hydrogen) atoms. The number of allylic oxidation sites excluding steroid dienone is 1. The van der Waals surface area contributed by atoms with Crippen LogP contribution in [-0.4, -0.2) is 38.6 Å². The van der Waals surface area contributed by atoms with E-state index in [1.807, 2.05) is 37.9 Å². The van der Waals surface area contributed by atoms with Crippen molar-refractivity contribution in [2.24, 2.45) is 0 Å². The molecule has 1 aliphatic rings. The highest BCUT2D eigenvalue weighted by Gasteiger charge is 2.28. The second-order valence-electron chi connectivity index (χ2n) is 5.39. The van der Waals surface area contributed by atoms with E-state index in [4.69, 9.17) is 11.6 Å². The number of rotatable bonds is 4. The number of aldehydes is 1. The van der Waals surface area contributed by atoms with Crippen LogP contribution in [0.25, 0.3) is 4.91 Å². The molecule has 8 heteroatoms. The first-order valence-electron chi connectivity index (χ1n) is 7.28. The van der Waals surface area contributed by atoms with Gasteiger partial charge in [-0.2, -0.15) is 0 Å². The van der Waals surface area contributed by atoms with E-state index < -0.39 is 0 Å². The van der Waals surface area contributed by atoms with E-state index in [1.165, 1.54) is 11.8 Å². The molecule has 0 spiro atoms. The molecule has 2 aromatic rings. The third kappa shape index (κ3) is 3.22. The van der Waals surface area contributed by atoms with Gasteiger partial charge < -0.3 is 15.0 Å². The Morgan fingerprint density at radius 2 is 2.17 bits per heavy atom. The lowest BCUT2D eigenvalue weighted by Gasteiger charge is -2.16. The SMILES string of the molecule is CC1=C(c2ccnc(Nc3cnc(Cl)c(C)c3)n2)SC(C=O)N1C. The summed E-state index contributed by atoms with van der Waals surface area (Å²) in [5, 5.41) is 3.39. The number of aryl methyl sites for hydroxylation is 1. The van der Waals surface area contributed by atoms with Crippen LogP contribution in [0.4, 0.5) is 11.6 Å². The Morgan fingerprint density at radius 1 is 1.38 bits per heavy atom. The Bertz CT molecular complexity index is 826. The first-order valence-corrected chi connectivity index (χ1v) is 8.53. The molecule has 1 atom stereocenters. The zero-order valence-corrected chi connectivity index (χ0v) is 15.0. The predicted molar refractivity (Wildman–Crippen MR) is 97.1 cm³/mol. The van der Waals surface area contributed by atoms with Gasteiger partial charge in [-0.3, -0.25) is 0 Å². The highest BCUT2D eigenvalue weighted by atomic mass is 35.5. The number of aromatic nitrogens is 3. The van der Waals surface area contributed by atoms with Crippen molar-refractivity contribution in [1.29, 1.82) is 0 Å². The molecule has 1 N–H and O–H groups in total. The Morgan fingerprint density at radius 3 is 2.83 bits per heavy atom. The topological polar surface area (TPSA) is 71.0 Å². The number of halogens is 1. The summed E-state index contributed by atoms with van der Waals surface area (Å²) in [6.07, 6.45) is 4.26. The first-order chi connectivity index (χ1) is 11.5. The van der Waals surface area contributed by atoms with Crippen molar-refractivity contribution < 1.29 is 4.79 Å². The number of anilines is 2. The third-order valence-corrected chi connectivity index (χ3v) is 5.56. The lowest BCUT2D eigenvalue weighted by atomic mass is 10.3. The quantitative estimate of drug-likeness (QED) is 0.660. The summed E-state index contributed by atoms with van der Waals surface area (Å²) in [5.41, 5.74) is 3.44. The molecule has 0 saturated heterocycles. The van der Waals surface area contributed by atoms with Gasteiger partial charge in [0, 0.05) is 18.9 Å². The van der Waals surface area contributed by atoms with Crippen LogP contribution in [0, 0.1) is 6.92 Å². The minimum Gasteiger partial charge on any atom is -0.359 e. The molecule has 0 amide bonds. The number of carbonyl (C=O) groups excluding carboxylic acids is 1. The van der Waals surface area contributed by atoms with Crippen LogP contribution >= 0.6 is 23.4 Å². The van der Waals surface area contributed by atoms with Gasteiger partial charge in [0.1, 0.15) is 10.5 Å². The fourth-order valence-corrected chi connectivity index (χ4v) is 3.57. The summed E-state index contributed by atoms with van der Waals surface area (Å²) < 4.78 is 0. The molecule has 0 aliphatic carbocycles. The second kappa shape index (κ2) is 6.78. The van der Waals surface area contributed by atoms with Gasteiger partial charge >= 0.3 is 0 Å². The van der Waals surface area contributed by atoms with Gasteiger partial charge in [-0.25, -0.2) is 15.0 Å². The molecule has 0 aromatic carbocycles. The number of hydrogen-bond donors (Lipinski definition) is 1. The molecule has 1 unspecified atom stereocenters. The lowest BCUT2D eigenvalue weighted by Crippen LogP contribution is -2.23. The van der Waals surface area contributed by atoms with Gasteiger partial charge in [0.25, 0.3) is 0 Å². The van der Waals surface area contributed by atoms with E-state index in [1.54, 1.807) is 12.4 Å². The number of nitrogens with zero attached hydrogens (tertiary/aromatic N) is 4. The number of likely N-dealkylation sites (N-methyl/N-ethyl adjacent to an activating group) is 1. The van der Waals surface area contributed by atoms with E-state index in [0.717, 1.165) is 33.8 Å². The average molecular weight is 362 g/mol. The molecule has 124 valence electrons. The molecular formula is C16H16ClN5OS. The molecule has 3 heterocycles. The molecule has 1 aliphatic heterocycles. The van der Waals surface area contributed by atoms with Gasteiger partial charge in [0.2, 0.25) is 5.95 Å². The normalized spacial score (nSPS) is 17.3. The van der Waals surface area contributed by atoms with Crippen molar-refractivity contribution in [3.05, 3.63) is 46.6 Å². The van der Waals surface area contributed by atoms with Crippen molar-refractivity contribution >= 4 is 46.2 Å². The van der Waals surface area contributed by atoms with Crippen LogP contribution in [0.5, 0.6) is 0 Å². The monoisotopic (exact) mass is 361 g/mol. The van der Waals surface area contributed by atoms with Gasteiger partial charge in [0.15, 0.2) is 6.29 Å². The summed E-state index contributed by atoms with van der Waals surface area (Å²) >= 11 is 7.43. The Balaban J connectivity index is 1.87. The summed E-state index contributed by atoms with van der Waals surface area (Å²) in [5.74, 6) is 0.467. The third-order valence-electron chi connectivity index (χ3n) is 3.75. The van der Waals surface area contributed by atoms with Crippen molar-refractivity contribution in [2.75, 3.05) is 12.4 Å². The van der Waals surface area contributed by atoms with Gasteiger partial charge in [-0.1, -0.05) is 23.4 Å². The Kier molecular flexibility index (Phi) is 4.73. The smallest absolute Gasteiger partial charge is 0.227 e. The molecule has 2 aromatic heterocycles. The minimum atomic E-state index is -0.213. The predicted octanol–water partition coefficient (Wildman–Crippen LogP) is 3.47. The summed E-state index contributed by atoms with van der Waals surface area (Å²) in [4.78, 5) is 27.0. The fraction of sp³-hybridized carbons (Fsp3) is 0.250. The number of hydrogen-bond acceptors (Lipinski definition) is 7. The van der Waals surface area contributed by atoms with Crippen LogP contribution in [0.1, 0.15) is 18.2 Å². The van der Waals surface area contributed by atoms with Crippen LogP contribution in [0.3, 0.4) is 0 Å². The number of thioether (sulfide) groups is 1. The largest absolute Gasteiger partial charge is 0.359 e. The van der Waals surface area contributed by atoms with Crippen LogP contribution in [-0.2, 0) is 4.79 Å². The number of nitrogens with one attached hydrogen (secondary N) is 1. The molecule has 3 rings (SSSR count). The van der Waals surface area contributed by atoms with Crippen LogP contribution < -0.4 is 5.32 Å². The maximum absolute atomic E-state index is 11.2. The molecule has 0 radical (unpaired) electrons. The summed E-state index contributed by atoms with van der Waals surface area (Å²) in [6.45, 7) is 3.87. The first kappa shape index (κ1) is 16.7. The van der Waals surface area contributed by atoms with Crippen molar-refractivity contribution in [3.63, 3.8) is 0 Å². The fourth-order valence-electron chi connectivity index (χ4n) is 2.30. The van der Waals surface area contributed by atoms with E-state index in [2.05, 4.69) is 20.3 Å². The molecular weight excluding hydrogens is 346 g/mol. The van der Waals surface area contributed by atoms with Crippen molar-refractivity contribution in [3.8, 4) is 0 Å². The van der Waals surface area contributed by atoms with Crippen molar-refractivity contribution in [2.45, 2.75) is 19.2 Å².